The van der Waals surface area contributed by atoms with Gasteiger partial charge in [0.1, 0.15) is 0 Å². The summed E-state index contributed by atoms with van der Waals surface area (Å²) in [5.74, 6) is 0.0458. The molecule has 0 aliphatic rings. The Hall–Kier alpha value is -1.80. The van der Waals surface area contributed by atoms with Crippen LogP contribution in [-0.2, 0) is 0 Å². The van der Waals surface area contributed by atoms with Gasteiger partial charge in [-0.15, -0.1) is 0 Å². The number of carbonyl (C=O) groups is 1. The van der Waals surface area contributed by atoms with Crippen LogP contribution >= 0.6 is 11.6 Å². The summed E-state index contributed by atoms with van der Waals surface area (Å²) in [5.41, 5.74) is 2.44. The van der Waals surface area contributed by atoms with Gasteiger partial charge < -0.3 is 4.90 Å². The average Bonchev–Trinajstić information content (AvgIpc) is 2.38. The van der Waals surface area contributed by atoms with Gasteiger partial charge in [-0.2, -0.15) is 0 Å². The predicted octanol–water partition coefficient (Wildman–Crippen LogP) is 4.31. The number of anilines is 2. The number of benzene rings is 2. The molecule has 0 heterocycles. The first-order valence-electron chi connectivity index (χ1n) is 5.69. The number of hydrogen-bond donors (Lipinski definition) is 0. The van der Waals surface area contributed by atoms with Crippen LogP contribution in [0.3, 0.4) is 0 Å². The van der Waals surface area contributed by atoms with E-state index in [4.69, 9.17) is 11.6 Å². The van der Waals surface area contributed by atoms with Crippen LogP contribution in [0.4, 0.5) is 11.4 Å². The molecule has 0 unspecified atom stereocenters. The summed E-state index contributed by atoms with van der Waals surface area (Å²) in [5, 5.41) is 0.665. The summed E-state index contributed by atoms with van der Waals surface area (Å²) in [6, 6.07) is 15.1. The molecule has 0 aliphatic heterocycles. The van der Waals surface area contributed by atoms with Gasteiger partial charge in [-0.05, 0) is 31.2 Å². The molecule has 2 aromatic rings. The third-order valence-electron chi connectivity index (χ3n) is 2.86. The summed E-state index contributed by atoms with van der Waals surface area (Å²) < 4.78 is 0. The van der Waals surface area contributed by atoms with E-state index in [1.807, 2.05) is 60.5 Å². The van der Waals surface area contributed by atoms with Crippen molar-refractivity contribution in [3.05, 3.63) is 59.1 Å². The lowest BCUT2D eigenvalue weighted by molar-refractivity contribution is 0.101. The molecule has 0 saturated carbocycles. The van der Waals surface area contributed by atoms with Gasteiger partial charge in [-0.3, -0.25) is 4.79 Å². The molecule has 0 N–H and O–H groups in total. The Bertz CT molecular complexity index is 580. The van der Waals surface area contributed by atoms with Crippen LogP contribution in [0.1, 0.15) is 17.3 Å². The molecule has 92 valence electrons. The second-order valence-electron chi connectivity index (χ2n) is 4.08. The van der Waals surface area contributed by atoms with E-state index < -0.39 is 0 Å². The summed E-state index contributed by atoms with van der Waals surface area (Å²) in [6.45, 7) is 1.57. The van der Waals surface area contributed by atoms with Gasteiger partial charge in [0, 0.05) is 12.6 Å². The number of nitrogens with zero attached hydrogens (tertiary/aromatic N) is 1. The van der Waals surface area contributed by atoms with Gasteiger partial charge in [-0.25, -0.2) is 0 Å². The average molecular weight is 260 g/mol. The van der Waals surface area contributed by atoms with E-state index in [2.05, 4.69) is 0 Å². The fourth-order valence-corrected chi connectivity index (χ4v) is 2.18. The smallest absolute Gasteiger partial charge is 0.161 e. The number of ketones is 1. The van der Waals surface area contributed by atoms with E-state index in [0.29, 0.717) is 10.6 Å². The van der Waals surface area contributed by atoms with Crippen LogP contribution in [-0.4, -0.2) is 12.8 Å². The van der Waals surface area contributed by atoms with Crippen molar-refractivity contribution in [3.8, 4) is 0 Å². The number of carbonyl (C=O) groups excluding carboxylic acids is 1. The predicted molar refractivity (Wildman–Crippen MR) is 76.0 cm³/mol. The second-order valence-corrected chi connectivity index (χ2v) is 4.49. The molecule has 0 spiro atoms. The molecular formula is C15H14ClNO. The Labute approximate surface area is 112 Å². The summed E-state index contributed by atoms with van der Waals surface area (Å²) in [4.78, 5) is 13.6. The Morgan fingerprint density at radius 2 is 1.56 bits per heavy atom. The first-order valence-corrected chi connectivity index (χ1v) is 6.07. The lowest BCUT2D eigenvalue weighted by Gasteiger charge is -2.22. The van der Waals surface area contributed by atoms with Gasteiger partial charge in [0.05, 0.1) is 16.4 Å². The second kappa shape index (κ2) is 5.23. The van der Waals surface area contributed by atoms with Crippen LogP contribution < -0.4 is 4.90 Å². The molecule has 3 heteroatoms. The number of hydrogen-bond acceptors (Lipinski definition) is 2. The highest BCUT2D eigenvalue weighted by atomic mass is 35.5. The Kier molecular flexibility index (Phi) is 3.68. The maximum Gasteiger partial charge on any atom is 0.161 e. The van der Waals surface area contributed by atoms with Crippen LogP contribution in [0.2, 0.25) is 5.02 Å². The minimum Gasteiger partial charge on any atom is -0.343 e. The molecule has 2 aromatic carbocycles. The van der Waals surface area contributed by atoms with Crippen molar-refractivity contribution in [2.45, 2.75) is 6.92 Å². The van der Waals surface area contributed by atoms with Crippen molar-refractivity contribution in [1.82, 2.24) is 0 Å². The van der Waals surface area contributed by atoms with Crippen LogP contribution in [0.5, 0.6) is 0 Å². The summed E-state index contributed by atoms with van der Waals surface area (Å²) >= 11 is 6.17. The summed E-state index contributed by atoms with van der Waals surface area (Å²) in [6.07, 6.45) is 0. The van der Waals surface area contributed by atoms with Crippen LogP contribution in [0.25, 0.3) is 0 Å². The lowest BCUT2D eigenvalue weighted by atomic mass is 10.1. The minimum absolute atomic E-state index is 0.0458. The molecule has 0 bridgehead atoms. The quantitative estimate of drug-likeness (QED) is 0.766. The lowest BCUT2D eigenvalue weighted by Crippen LogP contribution is -2.13. The minimum atomic E-state index is 0.0458. The van der Waals surface area contributed by atoms with Crippen molar-refractivity contribution >= 4 is 28.8 Å². The fraction of sp³-hybridized carbons (Fsp3) is 0.133. The SMILES string of the molecule is CC(=O)c1ccccc1N(C)c1ccccc1Cl. The number of Topliss-reactive ketones (excluding diaryl/α,β-unsaturated/α-hetero) is 1. The monoisotopic (exact) mass is 259 g/mol. The highest BCUT2D eigenvalue weighted by molar-refractivity contribution is 6.33. The van der Waals surface area contributed by atoms with Crippen LogP contribution in [0.15, 0.2) is 48.5 Å². The zero-order chi connectivity index (χ0) is 13.1. The van der Waals surface area contributed by atoms with Gasteiger partial charge in [-0.1, -0.05) is 35.9 Å². The van der Waals surface area contributed by atoms with E-state index in [1.165, 1.54) is 0 Å². The first-order chi connectivity index (χ1) is 8.61. The molecule has 0 fully saturated rings. The Morgan fingerprint density at radius 3 is 2.17 bits per heavy atom. The van der Waals surface area contributed by atoms with Crippen molar-refractivity contribution in [2.75, 3.05) is 11.9 Å². The maximum atomic E-state index is 11.6. The fourth-order valence-electron chi connectivity index (χ4n) is 1.92. The van der Waals surface area contributed by atoms with Crippen molar-refractivity contribution in [1.29, 1.82) is 0 Å². The van der Waals surface area contributed by atoms with Gasteiger partial charge >= 0.3 is 0 Å². The molecule has 0 radical (unpaired) electrons. The molecule has 0 amide bonds. The molecule has 0 atom stereocenters. The summed E-state index contributed by atoms with van der Waals surface area (Å²) in [7, 11) is 1.91. The van der Waals surface area contributed by atoms with Crippen molar-refractivity contribution in [2.24, 2.45) is 0 Å². The van der Waals surface area contributed by atoms with Gasteiger partial charge in [0.2, 0.25) is 0 Å². The molecule has 18 heavy (non-hydrogen) atoms. The molecule has 2 nitrogen and oxygen atoms in total. The number of para-hydroxylation sites is 2. The molecule has 0 saturated heterocycles. The third-order valence-corrected chi connectivity index (χ3v) is 3.18. The van der Waals surface area contributed by atoms with E-state index in [0.717, 1.165) is 11.4 Å². The maximum absolute atomic E-state index is 11.6. The highest BCUT2D eigenvalue weighted by Gasteiger charge is 2.13. The van der Waals surface area contributed by atoms with E-state index in [-0.39, 0.29) is 5.78 Å². The highest BCUT2D eigenvalue weighted by Crippen LogP contribution is 2.32. The number of rotatable bonds is 3. The molecule has 0 aliphatic carbocycles. The Morgan fingerprint density at radius 1 is 1.00 bits per heavy atom. The molecule has 2 rings (SSSR count). The standard InChI is InChI=1S/C15H14ClNO/c1-11(18)12-7-3-5-9-14(12)17(2)15-10-6-4-8-13(15)16/h3-10H,1-2H3. The normalized spacial score (nSPS) is 10.2. The zero-order valence-corrected chi connectivity index (χ0v) is 11.1. The van der Waals surface area contributed by atoms with Gasteiger partial charge in [0.25, 0.3) is 0 Å². The molecule has 0 aromatic heterocycles. The largest absolute Gasteiger partial charge is 0.343 e. The van der Waals surface area contributed by atoms with E-state index in [9.17, 15) is 4.79 Å². The first kappa shape index (κ1) is 12.7. The van der Waals surface area contributed by atoms with Crippen molar-refractivity contribution < 1.29 is 4.79 Å². The van der Waals surface area contributed by atoms with E-state index >= 15 is 0 Å². The van der Waals surface area contributed by atoms with Crippen molar-refractivity contribution in [3.63, 3.8) is 0 Å². The molecular weight excluding hydrogens is 246 g/mol. The van der Waals surface area contributed by atoms with E-state index in [1.54, 1.807) is 6.92 Å². The van der Waals surface area contributed by atoms with Gasteiger partial charge in [0.15, 0.2) is 5.78 Å². The Balaban J connectivity index is 2.50. The topological polar surface area (TPSA) is 20.3 Å². The third kappa shape index (κ3) is 2.39. The zero-order valence-electron chi connectivity index (χ0n) is 10.4. The number of halogens is 1. The van der Waals surface area contributed by atoms with Crippen LogP contribution in [0, 0.1) is 0 Å².